The van der Waals surface area contributed by atoms with Crippen molar-refractivity contribution in [2.24, 2.45) is 0 Å². The van der Waals surface area contributed by atoms with Crippen molar-refractivity contribution in [2.75, 3.05) is 0 Å². The van der Waals surface area contributed by atoms with Crippen LogP contribution in [0.4, 0.5) is 0 Å². The van der Waals surface area contributed by atoms with Gasteiger partial charge in [-0.15, -0.1) is 0 Å². The normalized spacial score (nSPS) is 16.8. The fourth-order valence-electron chi connectivity index (χ4n) is 5.38. The van der Waals surface area contributed by atoms with E-state index in [1.165, 1.54) is 10.8 Å². The van der Waals surface area contributed by atoms with Crippen molar-refractivity contribution in [3.63, 3.8) is 0 Å². The van der Waals surface area contributed by atoms with Crippen LogP contribution < -0.4 is 5.46 Å². The van der Waals surface area contributed by atoms with Crippen LogP contribution in [0, 0.1) is 0 Å². The number of aromatic nitrogens is 3. The van der Waals surface area contributed by atoms with Gasteiger partial charge in [0.25, 0.3) is 0 Å². The van der Waals surface area contributed by atoms with E-state index in [-0.39, 0.29) is 11.2 Å². The molecule has 0 radical (unpaired) electrons. The zero-order valence-corrected chi connectivity index (χ0v) is 21.5. The molecule has 2 aromatic heterocycles. The number of rotatable bonds is 3. The second kappa shape index (κ2) is 7.82. The Morgan fingerprint density at radius 1 is 0.649 bits per heavy atom. The highest BCUT2D eigenvalue weighted by atomic mass is 16.7. The van der Waals surface area contributed by atoms with Gasteiger partial charge in [0.2, 0.25) is 0 Å². The molecule has 0 saturated carbocycles. The first-order valence-corrected chi connectivity index (χ1v) is 12.8. The van der Waals surface area contributed by atoms with Crippen molar-refractivity contribution >= 4 is 45.3 Å². The van der Waals surface area contributed by atoms with E-state index in [0.717, 1.165) is 38.8 Å². The lowest BCUT2D eigenvalue weighted by atomic mass is 9.78. The van der Waals surface area contributed by atoms with Gasteiger partial charge in [-0.1, -0.05) is 48.5 Å². The van der Waals surface area contributed by atoms with E-state index in [2.05, 4.69) is 105 Å². The van der Waals surface area contributed by atoms with Gasteiger partial charge in [-0.2, -0.15) is 5.10 Å². The molecule has 1 fully saturated rings. The van der Waals surface area contributed by atoms with Gasteiger partial charge in [0.15, 0.2) is 0 Å². The van der Waals surface area contributed by atoms with Crippen LogP contribution in [0.1, 0.15) is 27.7 Å². The molecule has 6 aromatic rings. The molecule has 0 amide bonds. The van der Waals surface area contributed by atoms with Crippen LogP contribution in [0.25, 0.3) is 44.1 Å². The van der Waals surface area contributed by atoms with E-state index in [1.54, 1.807) is 0 Å². The van der Waals surface area contributed by atoms with E-state index in [1.807, 2.05) is 29.1 Å². The second-order valence-corrected chi connectivity index (χ2v) is 10.8. The standard InChI is InChI=1S/C31H28BN3O2/c1-30(2)31(3,4)37-32(36-30)21-15-17-27-25(19-21)24-16-18-28-26(20-33-35(28)23-13-9-6-10-14-23)29(24)34(27)22-11-7-5-8-12-22/h5-20H,1-4H3. The maximum atomic E-state index is 6.38. The zero-order valence-electron chi connectivity index (χ0n) is 21.5. The molecule has 1 aliphatic rings. The molecule has 0 unspecified atom stereocenters. The molecule has 7 rings (SSSR count). The molecule has 182 valence electrons. The number of fused-ring (bicyclic) bond motifs is 5. The highest BCUT2D eigenvalue weighted by molar-refractivity contribution is 6.62. The highest BCUT2D eigenvalue weighted by Crippen LogP contribution is 2.39. The summed E-state index contributed by atoms with van der Waals surface area (Å²) in [6.45, 7) is 8.36. The van der Waals surface area contributed by atoms with Gasteiger partial charge in [0.1, 0.15) is 0 Å². The zero-order chi connectivity index (χ0) is 25.4. The molecule has 5 nitrogen and oxygen atoms in total. The van der Waals surface area contributed by atoms with E-state index in [4.69, 9.17) is 14.4 Å². The second-order valence-electron chi connectivity index (χ2n) is 10.8. The average Bonchev–Trinajstić information content (AvgIpc) is 3.54. The third-order valence-electron chi connectivity index (χ3n) is 8.04. The molecule has 4 aromatic carbocycles. The van der Waals surface area contributed by atoms with Crippen molar-refractivity contribution in [2.45, 2.75) is 38.9 Å². The van der Waals surface area contributed by atoms with Gasteiger partial charge in [-0.3, -0.25) is 0 Å². The van der Waals surface area contributed by atoms with E-state index >= 15 is 0 Å². The molecule has 1 saturated heterocycles. The van der Waals surface area contributed by atoms with E-state index < -0.39 is 7.12 Å². The van der Waals surface area contributed by atoms with Crippen molar-refractivity contribution < 1.29 is 9.31 Å². The van der Waals surface area contributed by atoms with Crippen LogP contribution in [0.15, 0.2) is 97.2 Å². The van der Waals surface area contributed by atoms with Gasteiger partial charge in [0, 0.05) is 21.8 Å². The predicted molar refractivity (Wildman–Crippen MR) is 151 cm³/mol. The summed E-state index contributed by atoms with van der Waals surface area (Å²) in [6, 6.07) is 31.7. The molecule has 6 heteroatoms. The third-order valence-corrected chi connectivity index (χ3v) is 8.04. The maximum Gasteiger partial charge on any atom is 0.494 e. The Hall–Kier alpha value is -3.87. The lowest BCUT2D eigenvalue weighted by molar-refractivity contribution is 0.00578. The molecule has 0 N–H and O–H groups in total. The summed E-state index contributed by atoms with van der Waals surface area (Å²) in [5.74, 6) is 0. The summed E-state index contributed by atoms with van der Waals surface area (Å²) in [6.07, 6.45) is 1.98. The Morgan fingerprint density at radius 3 is 1.95 bits per heavy atom. The van der Waals surface area contributed by atoms with Crippen LogP contribution in [-0.2, 0) is 9.31 Å². The molecule has 0 spiro atoms. The summed E-state index contributed by atoms with van der Waals surface area (Å²) in [4.78, 5) is 0. The van der Waals surface area contributed by atoms with E-state index in [0.29, 0.717) is 0 Å². The van der Waals surface area contributed by atoms with Crippen molar-refractivity contribution in [3.8, 4) is 11.4 Å². The first-order valence-electron chi connectivity index (χ1n) is 12.8. The van der Waals surface area contributed by atoms with E-state index in [9.17, 15) is 0 Å². The molecule has 3 heterocycles. The Morgan fingerprint density at radius 2 is 1.27 bits per heavy atom. The topological polar surface area (TPSA) is 41.2 Å². The summed E-state index contributed by atoms with van der Waals surface area (Å²) in [5, 5.41) is 8.25. The predicted octanol–water partition coefficient (Wildman–Crippen LogP) is 6.42. The van der Waals surface area contributed by atoms with Crippen LogP contribution in [0.2, 0.25) is 0 Å². The van der Waals surface area contributed by atoms with Crippen LogP contribution in [0.3, 0.4) is 0 Å². The SMILES string of the molecule is CC1(C)OB(c2ccc3c(c2)c2ccc4c(cnn4-c4ccccc4)c2n3-c2ccccc2)OC1(C)C. The van der Waals surface area contributed by atoms with Crippen molar-refractivity contribution in [1.29, 1.82) is 0 Å². The lowest BCUT2D eigenvalue weighted by Gasteiger charge is -2.32. The first-order chi connectivity index (χ1) is 17.8. The van der Waals surface area contributed by atoms with Crippen LogP contribution in [-0.4, -0.2) is 32.7 Å². The van der Waals surface area contributed by atoms with Crippen LogP contribution in [0.5, 0.6) is 0 Å². The van der Waals surface area contributed by atoms with Gasteiger partial charge in [0.05, 0.1) is 39.6 Å². The molecular weight excluding hydrogens is 457 g/mol. The third kappa shape index (κ3) is 3.29. The minimum Gasteiger partial charge on any atom is -0.399 e. The number of benzene rings is 4. The van der Waals surface area contributed by atoms with Gasteiger partial charge in [-0.25, -0.2) is 4.68 Å². The Labute approximate surface area is 216 Å². The highest BCUT2D eigenvalue weighted by Gasteiger charge is 2.51. The fraction of sp³-hybridized carbons (Fsp3) is 0.194. The summed E-state index contributed by atoms with van der Waals surface area (Å²) in [7, 11) is -0.408. The quantitative estimate of drug-likeness (QED) is 0.272. The monoisotopic (exact) mass is 485 g/mol. The van der Waals surface area contributed by atoms with Crippen molar-refractivity contribution in [1.82, 2.24) is 14.3 Å². The lowest BCUT2D eigenvalue weighted by Crippen LogP contribution is -2.41. The van der Waals surface area contributed by atoms with Crippen LogP contribution >= 0.6 is 0 Å². The number of para-hydroxylation sites is 2. The Balaban J connectivity index is 1.50. The smallest absolute Gasteiger partial charge is 0.399 e. The molecule has 0 bridgehead atoms. The average molecular weight is 485 g/mol. The first kappa shape index (κ1) is 22.3. The van der Waals surface area contributed by atoms with Gasteiger partial charge < -0.3 is 13.9 Å². The molecule has 37 heavy (non-hydrogen) atoms. The maximum absolute atomic E-state index is 6.38. The number of hydrogen-bond acceptors (Lipinski definition) is 3. The number of nitrogens with zero attached hydrogens (tertiary/aromatic N) is 3. The minimum absolute atomic E-state index is 0.386. The molecule has 0 atom stereocenters. The molecular formula is C31H28BN3O2. The van der Waals surface area contributed by atoms with Gasteiger partial charge in [-0.05, 0) is 75.6 Å². The van der Waals surface area contributed by atoms with Gasteiger partial charge >= 0.3 is 7.12 Å². The largest absolute Gasteiger partial charge is 0.494 e. The Bertz CT molecular complexity index is 1770. The molecule has 1 aliphatic heterocycles. The summed E-state index contributed by atoms with van der Waals surface area (Å²) >= 11 is 0. The number of hydrogen-bond donors (Lipinski definition) is 0. The molecule has 0 aliphatic carbocycles. The summed E-state index contributed by atoms with van der Waals surface area (Å²) in [5.41, 5.74) is 5.77. The Kier molecular flexibility index (Phi) is 4.72. The fourth-order valence-corrected chi connectivity index (χ4v) is 5.38. The minimum atomic E-state index is -0.408. The summed E-state index contributed by atoms with van der Waals surface area (Å²) < 4.78 is 17.1. The van der Waals surface area contributed by atoms with Crippen molar-refractivity contribution in [3.05, 3.63) is 97.2 Å².